The Kier molecular flexibility index (Phi) is 6.36. The summed E-state index contributed by atoms with van der Waals surface area (Å²) in [4.78, 5) is 11.1. The second-order valence-corrected chi connectivity index (χ2v) is 6.77. The van der Waals surface area contributed by atoms with Crippen molar-refractivity contribution in [2.45, 2.75) is 39.0 Å². The summed E-state index contributed by atoms with van der Waals surface area (Å²) in [6.45, 7) is 4.50. The molecule has 0 N–H and O–H groups in total. The third kappa shape index (κ3) is 5.13. The highest BCUT2D eigenvalue weighted by atomic mass is 19.1. The van der Waals surface area contributed by atoms with Crippen LogP contribution in [0.2, 0.25) is 0 Å². The maximum atomic E-state index is 13.1. The number of halogens is 2. The topological polar surface area (TPSA) is 38.2 Å². The van der Waals surface area contributed by atoms with Crippen LogP contribution < -0.4 is 9.64 Å². The van der Waals surface area contributed by atoms with Crippen molar-refractivity contribution >= 4 is 5.95 Å². The van der Waals surface area contributed by atoms with Crippen molar-refractivity contribution in [2.24, 2.45) is 5.92 Å². The van der Waals surface area contributed by atoms with Gasteiger partial charge < -0.3 is 9.64 Å². The first-order chi connectivity index (χ1) is 12.6. The summed E-state index contributed by atoms with van der Waals surface area (Å²) in [7, 11) is 0. The van der Waals surface area contributed by atoms with Crippen molar-refractivity contribution in [2.75, 3.05) is 24.6 Å². The van der Waals surface area contributed by atoms with Gasteiger partial charge in [-0.1, -0.05) is 6.92 Å². The first kappa shape index (κ1) is 18.5. The molecular weight excluding hydrogens is 336 g/mol. The Morgan fingerprint density at radius 1 is 1.08 bits per heavy atom. The van der Waals surface area contributed by atoms with Gasteiger partial charge in [0.2, 0.25) is 5.95 Å². The monoisotopic (exact) mass is 361 g/mol. The van der Waals surface area contributed by atoms with E-state index in [1.165, 1.54) is 12.1 Å². The summed E-state index contributed by atoms with van der Waals surface area (Å²) >= 11 is 0. The SMILES string of the molecule is CCc1cnc(N2CCC(CCCOc3cc(F)cc(F)c3)CC2)nc1. The molecule has 4 nitrogen and oxygen atoms in total. The maximum Gasteiger partial charge on any atom is 0.225 e. The van der Waals surface area contributed by atoms with Crippen LogP contribution in [-0.4, -0.2) is 29.7 Å². The molecule has 0 amide bonds. The van der Waals surface area contributed by atoms with Crippen LogP contribution in [0.25, 0.3) is 0 Å². The quantitative estimate of drug-likeness (QED) is 0.686. The van der Waals surface area contributed by atoms with E-state index < -0.39 is 11.6 Å². The van der Waals surface area contributed by atoms with E-state index in [0.717, 1.165) is 62.8 Å². The van der Waals surface area contributed by atoms with E-state index in [0.29, 0.717) is 12.5 Å². The average molecular weight is 361 g/mol. The predicted molar refractivity (Wildman–Crippen MR) is 97.4 cm³/mol. The number of hydrogen-bond acceptors (Lipinski definition) is 4. The number of piperidine rings is 1. The molecule has 6 heteroatoms. The smallest absolute Gasteiger partial charge is 0.225 e. The average Bonchev–Trinajstić information content (AvgIpc) is 2.65. The summed E-state index contributed by atoms with van der Waals surface area (Å²) in [5.74, 6) is 0.499. The molecule has 0 aliphatic carbocycles. The minimum atomic E-state index is -0.610. The van der Waals surface area contributed by atoms with Gasteiger partial charge in [-0.3, -0.25) is 0 Å². The number of aromatic nitrogens is 2. The summed E-state index contributed by atoms with van der Waals surface area (Å²) in [6, 6.07) is 3.27. The zero-order valence-corrected chi connectivity index (χ0v) is 15.1. The summed E-state index contributed by atoms with van der Waals surface area (Å²) in [5.41, 5.74) is 1.15. The molecule has 140 valence electrons. The number of hydrogen-bond donors (Lipinski definition) is 0. The highest BCUT2D eigenvalue weighted by molar-refractivity contribution is 5.30. The number of ether oxygens (including phenoxy) is 1. The molecule has 1 aliphatic rings. The molecule has 1 aromatic carbocycles. The minimum absolute atomic E-state index is 0.255. The van der Waals surface area contributed by atoms with Gasteiger partial charge >= 0.3 is 0 Å². The van der Waals surface area contributed by atoms with Crippen molar-refractivity contribution in [3.63, 3.8) is 0 Å². The molecule has 0 radical (unpaired) electrons. The van der Waals surface area contributed by atoms with Gasteiger partial charge in [0.1, 0.15) is 17.4 Å². The predicted octanol–water partition coefficient (Wildman–Crippen LogP) is 4.39. The molecule has 1 aliphatic heterocycles. The Morgan fingerprint density at radius 3 is 2.35 bits per heavy atom. The highest BCUT2D eigenvalue weighted by Crippen LogP contribution is 2.24. The number of benzene rings is 1. The van der Waals surface area contributed by atoms with Crippen LogP contribution in [0.15, 0.2) is 30.6 Å². The summed E-state index contributed by atoms with van der Waals surface area (Å²) in [5, 5.41) is 0. The largest absolute Gasteiger partial charge is 0.493 e. The molecule has 0 saturated carbocycles. The number of anilines is 1. The number of aryl methyl sites for hydroxylation is 1. The Labute approximate surface area is 153 Å². The molecule has 0 bridgehead atoms. The Bertz CT molecular complexity index is 680. The van der Waals surface area contributed by atoms with Gasteiger partial charge in [0.15, 0.2) is 0 Å². The fraction of sp³-hybridized carbons (Fsp3) is 0.500. The molecule has 2 aromatic rings. The highest BCUT2D eigenvalue weighted by Gasteiger charge is 2.20. The first-order valence-corrected chi connectivity index (χ1v) is 9.29. The van der Waals surface area contributed by atoms with Crippen LogP contribution in [0.4, 0.5) is 14.7 Å². The zero-order chi connectivity index (χ0) is 18.4. The molecule has 0 unspecified atom stereocenters. The van der Waals surface area contributed by atoms with Gasteiger partial charge in [0, 0.05) is 43.7 Å². The lowest BCUT2D eigenvalue weighted by molar-refractivity contribution is 0.277. The van der Waals surface area contributed by atoms with Crippen molar-refractivity contribution < 1.29 is 13.5 Å². The van der Waals surface area contributed by atoms with Crippen LogP contribution in [0, 0.1) is 17.6 Å². The van der Waals surface area contributed by atoms with Gasteiger partial charge in [-0.2, -0.15) is 0 Å². The lowest BCUT2D eigenvalue weighted by Crippen LogP contribution is -2.35. The lowest BCUT2D eigenvalue weighted by Gasteiger charge is -2.32. The fourth-order valence-corrected chi connectivity index (χ4v) is 3.29. The van der Waals surface area contributed by atoms with Crippen molar-refractivity contribution in [3.8, 4) is 5.75 Å². The van der Waals surface area contributed by atoms with E-state index in [-0.39, 0.29) is 5.75 Å². The van der Waals surface area contributed by atoms with Gasteiger partial charge in [0.05, 0.1) is 6.61 Å². The molecule has 3 rings (SSSR count). The zero-order valence-electron chi connectivity index (χ0n) is 15.1. The molecule has 2 heterocycles. The number of nitrogens with zero attached hydrogens (tertiary/aromatic N) is 3. The van der Waals surface area contributed by atoms with Crippen LogP contribution in [0.5, 0.6) is 5.75 Å². The van der Waals surface area contributed by atoms with E-state index in [1.54, 1.807) is 0 Å². The van der Waals surface area contributed by atoms with Crippen molar-refractivity contribution in [1.29, 1.82) is 0 Å². The van der Waals surface area contributed by atoms with Crippen LogP contribution >= 0.6 is 0 Å². The molecule has 26 heavy (non-hydrogen) atoms. The van der Waals surface area contributed by atoms with E-state index in [1.807, 2.05) is 12.4 Å². The molecule has 0 atom stereocenters. The molecule has 1 saturated heterocycles. The van der Waals surface area contributed by atoms with Gasteiger partial charge in [-0.05, 0) is 43.6 Å². The summed E-state index contributed by atoms with van der Waals surface area (Å²) < 4.78 is 31.7. The molecular formula is C20H25F2N3O. The van der Waals surface area contributed by atoms with E-state index >= 15 is 0 Å². The Hall–Kier alpha value is -2.24. The summed E-state index contributed by atoms with van der Waals surface area (Å²) in [6.07, 6.45) is 8.90. The van der Waals surface area contributed by atoms with Crippen molar-refractivity contribution in [3.05, 3.63) is 47.8 Å². The Morgan fingerprint density at radius 2 is 1.73 bits per heavy atom. The van der Waals surface area contributed by atoms with Crippen LogP contribution in [0.1, 0.15) is 38.2 Å². The minimum Gasteiger partial charge on any atom is -0.493 e. The second-order valence-electron chi connectivity index (χ2n) is 6.77. The number of rotatable bonds is 7. The first-order valence-electron chi connectivity index (χ1n) is 9.29. The Balaban J connectivity index is 1.37. The third-order valence-electron chi connectivity index (χ3n) is 4.86. The normalized spacial score (nSPS) is 15.3. The van der Waals surface area contributed by atoms with Gasteiger partial charge in [-0.25, -0.2) is 18.7 Å². The van der Waals surface area contributed by atoms with Crippen LogP contribution in [-0.2, 0) is 6.42 Å². The maximum absolute atomic E-state index is 13.1. The van der Waals surface area contributed by atoms with E-state index in [9.17, 15) is 8.78 Å². The standard InChI is InChI=1S/C20H25F2N3O/c1-2-15-13-23-20(24-14-15)25-7-5-16(6-8-25)4-3-9-26-19-11-17(21)10-18(22)12-19/h10-14,16H,2-9H2,1H3. The molecule has 0 spiro atoms. The second kappa shape index (κ2) is 8.92. The molecule has 1 fully saturated rings. The fourth-order valence-electron chi connectivity index (χ4n) is 3.29. The van der Waals surface area contributed by atoms with Gasteiger partial charge in [0.25, 0.3) is 0 Å². The van der Waals surface area contributed by atoms with Gasteiger partial charge in [-0.15, -0.1) is 0 Å². The molecule has 1 aromatic heterocycles. The third-order valence-corrected chi connectivity index (χ3v) is 4.86. The van der Waals surface area contributed by atoms with E-state index in [4.69, 9.17) is 4.74 Å². The lowest BCUT2D eigenvalue weighted by atomic mass is 9.92. The van der Waals surface area contributed by atoms with Crippen LogP contribution in [0.3, 0.4) is 0 Å². The van der Waals surface area contributed by atoms with E-state index in [2.05, 4.69) is 21.8 Å². The van der Waals surface area contributed by atoms with Crippen molar-refractivity contribution in [1.82, 2.24) is 9.97 Å².